The lowest BCUT2D eigenvalue weighted by Crippen LogP contribution is -2.43. The van der Waals surface area contributed by atoms with E-state index >= 15 is 0 Å². The molecular formula is C18H17F3N2O4. The summed E-state index contributed by atoms with van der Waals surface area (Å²) in [6, 6.07) is 5.93. The average molecular weight is 382 g/mol. The second kappa shape index (κ2) is 8.52. The van der Waals surface area contributed by atoms with Crippen LogP contribution in [0.15, 0.2) is 42.6 Å². The number of ether oxygens (including phenoxy) is 2. The maximum Gasteiger partial charge on any atom is 0.416 e. The Labute approximate surface area is 153 Å². The fourth-order valence-electron chi connectivity index (χ4n) is 2.28. The van der Waals surface area contributed by atoms with Crippen molar-refractivity contribution in [3.63, 3.8) is 0 Å². The van der Waals surface area contributed by atoms with Gasteiger partial charge >= 0.3 is 12.1 Å². The molecule has 1 N–H and O–H groups in total. The molecule has 2 aromatic rings. The summed E-state index contributed by atoms with van der Waals surface area (Å²) in [5.74, 6) is -0.992. The minimum Gasteiger partial charge on any atom is -0.481 e. The molecule has 0 aliphatic carbocycles. The van der Waals surface area contributed by atoms with E-state index in [1.54, 1.807) is 12.1 Å². The van der Waals surface area contributed by atoms with Gasteiger partial charge in [0.15, 0.2) is 0 Å². The molecule has 144 valence electrons. The molecule has 1 amide bonds. The van der Waals surface area contributed by atoms with Gasteiger partial charge in [0.2, 0.25) is 5.88 Å². The third kappa shape index (κ3) is 5.44. The molecule has 6 nitrogen and oxygen atoms in total. The number of carbonyl (C=O) groups is 2. The van der Waals surface area contributed by atoms with E-state index in [9.17, 15) is 22.8 Å². The maximum absolute atomic E-state index is 12.6. The highest BCUT2D eigenvalue weighted by atomic mass is 19.4. The molecule has 0 aliphatic rings. The van der Waals surface area contributed by atoms with Gasteiger partial charge < -0.3 is 14.8 Å². The number of nitrogens with zero attached hydrogens (tertiary/aromatic N) is 1. The highest BCUT2D eigenvalue weighted by Gasteiger charge is 2.30. The van der Waals surface area contributed by atoms with Gasteiger partial charge in [-0.05, 0) is 29.8 Å². The molecule has 9 heteroatoms. The van der Waals surface area contributed by atoms with Gasteiger partial charge in [0.25, 0.3) is 5.91 Å². The lowest BCUT2D eigenvalue weighted by molar-refractivity contribution is -0.142. The number of esters is 1. The van der Waals surface area contributed by atoms with Crippen molar-refractivity contribution >= 4 is 11.9 Å². The van der Waals surface area contributed by atoms with Gasteiger partial charge in [0.1, 0.15) is 6.04 Å². The molecule has 2 rings (SSSR count). The van der Waals surface area contributed by atoms with Crippen molar-refractivity contribution < 1.29 is 32.2 Å². The van der Waals surface area contributed by atoms with Crippen molar-refractivity contribution in [2.24, 2.45) is 0 Å². The number of rotatable bonds is 6. The molecule has 0 fully saturated rings. The number of hydrogen-bond acceptors (Lipinski definition) is 5. The quantitative estimate of drug-likeness (QED) is 0.778. The van der Waals surface area contributed by atoms with Crippen LogP contribution in [0.1, 0.15) is 21.5 Å². The summed E-state index contributed by atoms with van der Waals surface area (Å²) >= 11 is 0. The van der Waals surface area contributed by atoms with Gasteiger partial charge in [-0.3, -0.25) is 4.79 Å². The van der Waals surface area contributed by atoms with E-state index in [1.165, 1.54) is 20.4 Å². The van der Waals surface area contributed by atoms with Crippen LogP contribution in [0.2, 0.25) is 0 Å². The summed E-state index contributed by atoms with van der Waals surface area (Å²) in [4.78, 5) is 28.3. The third-order valence-corrected chi connectivity index (χ3v) is 3.71. The normalized spacial score (nSPS) is 12.2. The summed E-state index contributed by atoms with van der Waals surface area (Å²) in [5, 5.41) is 2.47. The Balaban J connectivity index is 2.12. The molecule has 0 saturated heterocycles. The third-order valence-electron chi connectivity index (χ3n) is 3.71. The number of amides is 1. The van der Waals surface area contributed by atoms with Gasteiger partial charge in [-0.1, -0.05) is 6.07 Å². The van der Waals surface area contributed by atoms with E-state index in [4.69, 9.17) is 4.74 Å². The summed E-state index contributed by atoms with van der Waals surface area (Å²) in [5.41, 5.74) is -0.239. The molecule has 0 unspecified atom stereocenters. The fourth-order valence-corrected chi connectivity index (χ4v) is 2.28. The Morgan fingerprint density at radius 1 is 1.11 bits per heavy atom. The van der Waals surface area contributed by atoms with E-state index in [0.717, 1.165) is 24.3 Å². The summed E-state index contributed by atoms with van der Waals surface area (Å²) < 4.78 is 47.4. The molecule has 1 heterocycles. The van der Waals surface area contributed by atoms with E-state index < -0.39 is 29.7 Å². The van der Waals surface area contributed by atoms with Gasteiger partial charge in [0.05, 0.1) is 19.8 Å². The molecule has 27 heavy (non-hydrogen) atoms. The Morgan fingerprint density at radius 3 is 2.26 bits per heavy atom. The van der Waals surface area contributed by atoms with Crippen molar-refractivity contribution in [2.45, 2.75) is 18.6 Å². The first-order valence-corrected chi connectivity index (χ1v) is 7.79. The van der Waals surface area contributed by atoms with Gasteiger partial charge in [-0.25, -0.2) is 9.78 Å². The lowest BCUT2D eigenvalue weighted by Gasteiger charge is -2.17. The SMILES string of the molecule is COC(=O)[C@H](Cc1ccc(OC)nc1)NC(=O)c1ccc(C(F)(F)F)cc1. The molecule has 0 bridgehead atoms. The van der Waals surface area contributed by atoms with Gasteiger partial charge in [-0.2, -0.15) is 13.2 Å². The van der Waals surface area contributed by atoms with Crippen molar-refractivity contribution in [1.29, 1.82) is 0 Å². The minimum absolute atomic E-state index is 0.00948. The zero-order valence-electron chi connectivity index (χ0n) is 14.5. The van der Waals surface area contributed by atoms with Crippen LogP contribution in [-0.4, -0.2) is 37.1 Å². The number of alkyl halides is 3. The van der Waals surface area contributed by atoms with E-state index in [0.29, 0.717) is 11.4 Å². The van der Waals surface area contributed by atoms with Crippen molar-refractivity contribution in [2.75, 3.05) is 14.2 Å². The van der Waals surface area contributed by atoms with E-state index in [-0.39, 0.29) is 12.0 Å². The van der Waals surface area contributed by atoms with E-state index in [2.05, 4.69) is 15.0 Å². The fraction of sp³-hybridized carbons (Fsp3) is 0.278. The minimum atomic E-state index is -4.50. The van der Waals surface area contributed by atoms with Crippen LogP contribution in [0.3, 0.4) is 0 Å². The number of methoxy groups -OCH3 is 2. The Bertz CT molecular complexity index is 790. The van der Waals surface area contributed by atoms with Crippen molar-refractivity contribution in [3.8, 4) is 5.88 Å². The Hall–Kier alpha value is -3.10. The molecule has 0 aliphatic heterocycles. The number of aromatic nitrogens is 1. The number of benzene rings is 1. The number of carbonyl (C=O) groups excluding carboxylic acids is 2. The first-order valence-electron chi connectivity index (χ1n) is 7.79. The molecule has 0 saturated carbocycles. The lowest BCUT2D eigenvalue weighted by atomic mass is 10.1. The molecule has 0 spiro atoms. The standard InChI is InChI=1S/C18H17F3N2O4/c1-26-15-8-3-11(10-22-15)9-14(17(25)27-2)23-16(24)12-4-6-13(7-5-12)18(19,20)21/h3-8,10,14H,9H2,1-2H3,(H,23,24)/t14-/m0/s1. The zero-order chi connectivity index (χ0) is 20.0. The predicted octanol–water partition coefficient (Wildman–Crippen LogP) is 2.62. The van der Waals surface area contributed by atoms with Crippen LogP contribution in [0.5, 0.6) is 5.88 Å². The molecular weight excluding hydrogens is 365 g/mol. The Kier molecular flexibility index (Phi) is 6.38. The molecule has 0 radical (unpaired) electrons. The zero-order valence-corrected chi connectivity index (χ0v) is 14.5. The first kappa shape index (κ1) is 20.2. The first-order chi connectivity index (χ1) is 12.7. The predicted molar refractivity (Wildman–Crippen MR) is 89.2 cm³/mol. The van der Waals surface area contributed by atoms with Crippen LogP contribution in [0, 0.1) is 0 Å². The monoisotopic (exact) mass is 382 g/mol. The average Bonchev–Trinajstić information content (AvgIpc) is 2.66. The number of hydrogen-bond donors (Lipinski definition) is 1. The second-order valence-corrected chi connectivity index (χ2v) is 5.54. The maximum atomic E-state index is 12.6. The van der Waals surface area contributed by atoms with Crippen LogP contribution in [0.25, 0.3) is 0 Å². The van der Waals surface area contributed by atoms with Crippen LogP contribution in [-0.2, 0) is 22.1 Å². The highest BCUT2D eigenvalue weighted by molar-refractivity contribution is 5.96. The number of nitrogens with one attached hydrogen (secondary N) is 1. The highest BCUT2D eigenvalue weighted by Crippen LogP contribution is 2.29. The van der Waals surface area contributed by atoms with E-state index in [1.807, 2.05) is 0 Å². The van der Waals surface area contributed by atoms with Crippen LogP contribution in [0.4, 0.5) is 13.2 Å². The molecule has 1 atom stereocenters. The number of pyridine rings is 1. The topological polar surface area (TPSA) is 77.5 Å². The van der Waals surface area contributed by atoms with Crippen LogP contribution >= 0.6 is 0 Å². The smallest absolute Gasteiger partial charge is 0.416 e. The van der Waals surface area contributed by atoms with Crippen molar-refractivity contribution in [3.05, 3.63) is 59.3 Å². The molecule has 1 aromatic heterocycles. The molecule has 1 aromatic carbocycles. The number of halogens is 3. The second-order valence-electron chi connectivity index (χ2n) is 5.54. The van der Waals surface area contributed by atoms with Crippen molar-refractivity contribution in [1.82, 2.24) is 10.3 Å². The summed E-state index contributed by atoms with van der Waals surface area (Å²) in [6.07, 6.45) is -2.92. The summed E-state index contributed by atoms with van der Waals surface area (Å²) in [7, 11) is 2.63. The van der Waals surface area contributed by atoms with Gasteiger partial charge in [0, 0.05) is 24.2 Å². The van der Waals surface area contributed by atoms with Crippen LogP contribution < -0.4 is 10.1 Å². The summed E-state index contributed by atoms with van der Waals surface area (Å²) in [6.45, 7) is 0. The largest absolute Gasteiger partial charge is 0.481 e. The van der Waals surface area contributed by atoms with Gasteiger partial charge in [-0.15, -0.1) is 0 Å². The Morgan fingerprint density at radius 2 is 1.78 bits per heavy atom.